The van der Waals surface area contributed by atoms with E-state index in [1.807, 2.05) is 12.1 Å². The van der Waals surface area contributed by atoms with E-state index in [9.17, 15) is 4.79 Å². The van der Waals surface area contributed by atoms with E-state index >= 15 is 0 Å². The highest BCUT2D eigenvalue weighted by Crippen LogP contribution is 2.15. The van der Waals surface area contributed by atoms with Gasteiger partial charge in [-0.05, 0) is 24.3 Å². The maximum Gasteiger partial charge on any atom is 0.257 e. The number of nitrogens with one attached hydrogen (secondary N) is 2. The largest absolute Gasteiger partial charge is 0.324 e. The maximum atomic E-state index is 12.1. The Morgan fingerprint density at radius 3 is 2.81 bits per heavy atom. The van der Waals surface area contributed by atoms with Crippen LogP contribution in [0.5, 0.6) is 0 Å². The van der Waals surface area contributed by atoms with Crippen molar-refractivity contribution in [3.8, 4) is 0 Å². The van der Waals surface area contributed by atoms with E-state index in [1.54, 1.807) is 42.4 Å². The molecule has 0 bridgehead atoms. The summed E-state index contributed by atoms with van der Waals surface area (Å²) in [5, 5.41) is 6.54. The molecule has 0 saturated carbocycles. The van der Waals surface area contributed by atoms with Gasteiger partial charge < -0.3 is 10.6 Å². The van der Waals surface area contributed by atoms with Crippen LogP contribution < -0.4 is 10.6 Å². The van der Waals surface area contributed by atoms with E-state index in [1.165, 1.54) is 0 Å². The number of hydrogen-bond acceptors (Lipinski definition) is 6. The van der Waals surface area contributed by atoms with Gasteiger partial charge in [-0.15, -0.1) is 0 Å². The van der Waals surface area contributed by atoms with E-state index < -0.39 is 0 Å². The molecule has 1 amide bonds. The Labute approximate surface area is 126 Å². The molecule has 106 valence electrons. The Kier molecular flexibility index (Phi) is 4.11. The van der Waals surface area contributed by atoms with Crippen molar-refractivity contribution in [2.75, 3.05) is 17.6 Å². The summed E-state index contributed by atoms with van der Waals surface area (Å²) in [4.78, 5) is 24.5. The summed E-state index contributed by atoms with van der Waals surface area (Å²) in [6.07, 6.45) is 3.31. The number of rotatable bonds is 3. The first kappa shape index (κ1) is 13.6. The molecule has 2 aromatic rings. The van der Waals surface area contributed by atoms with Gasteiger partial charge >= 0.3 is 0 Å². The van der Waals surface area contributed by atoms with E-state index in [2.05, 4.69) is 25.6 Å². The van der Waals surface area contributed by atoms with Gasteiger partial charge in [-0.2, -0.15) is 0 Å². The summed E-state index contributed by atoms with van der Waals surface area (Å²) in [5.41, 5.74) is 1.32. The standard InChI is InChI=1S/C14H13N5OS/c20-12(19-14-17-7-8-21-14)10-3-1-4-11(9-10)18-13-15-5-2-6-16-13/h1-6,9H,7-8H2,(H,15,16,18)(H,17,19,20). The van der Waals surface area contributed by atoms with Gasteiger partial charge in [-0.25, -0.2) is 9.97 Å². The molecule has 2 N–H and O–H groups in total. The highest BCUT2D eigenvalue weighted by molar-refractivity contribution is 8.14. The Bertz CT molecular complexity index is 674. The molecule has 21 heavy (non-hydrogen) atoms. The number of carbonyl (C=O) groups is 1. The zero-order chi connectivity index (χ0) is 14.5. The van der Waals surface area contributed by atoms with Crippen molar-refractivity contribution in [3.63, 3.8) is 0 Å². The molecule has 0 aliphatic carbocycles. The molecule has 0 radical (unpaired) electrons. The molecule has 1 aliphatic rings. The minimum Gasteiger partial charge on any atom is -0.324 e. The normalized spacial score (nSPS) is 13.6. The molecule has 1 aliphatic heterocycles. The van der Waals surface area contributed by atoms with Crippen molar-refractivity contribution < 1.29 is 4.79 Å². The van der Waals surface area contributed by atoms with E-state index in [0.29, 0.717) is 16.7 Å². The summed E-state index contributed by atoms with van der Waals surface area (Å²) in [6, 6.07) is 8.92. The number of carbonyl (C=O) groups excluding carboxylic acids is 1. The Balaban J connectivity index is 1.72. The topological polar surface area (TPSA) is 79.3 Å². The van der Waals surface area contributed by atoms with Crippen LogP contribution in [0.15, 0.2) is 47.7 Å². The second-order valence-corrected chi connectivity index (χ2v) is 5.35. The van der Waals surface area contributed by atoms with Gasteiger partial charge in [0.25, 0.3) is 5.91 Å². The van der Waals surface area contributed by atoms with Crippen LogP contribution in [-0.4, -0.2) is 33.3 Å². The number of aromatic nitrogens is 2. The zero-order valence-corrected chi connectivity index (χ0v) is 11.9. The SMILES string of the molecule is O=C(NC1=NCCS1)c1cccc(Nc2ncccn2)c1. The number of aliphatic imine (C=N–C) groups is 1. The first-order valence-corrected chi connectivity index (χ1v) is 7.42. The monoisotopic (exact) mass is 299 g/mol. The van der Waals surface area contributed by atoms with Gasteiger partial charge in [0, 0.05) is 29.4 Å². The first-order chi connectivity index (χ1) is 10.3. The lowest BCUT2D eigenvalue weighted by molar-refractivity contribution is 0.0978. The van der Waals surface area contributed by atoms with Gasteiger partial charge in [0.2, 0.25) is 5.95 Å². The quantitative estimate of drug-likeness (QED) is 0.907. The first-order valence-electron chi connectivity index (χ1n) is 6.44. The highest BCUT2D eigenvalue weighted by atomic mass is 32.2. The fraction of sp³-hybridized carbons (Fsp3) is 0.143. The molecule has 0 fully saturated rings. The van der Waals surface area contributed by atoms with Gasteiger partial charge in [-0.3, -0.25) is 9.79 Å². The molecule has 0 unspecified atom stereocenters. The molecule has 1 aromatic heterocycles. The molecule has 3 rings (SSSR count). The predicted octanol–water partition coefficient (Wildman–Crippen LogP) is 2.05. The van der Waals surface area contributed by atoms with Crippen LogP contribution in [-0.2, 0) is 0 Å². The third-order valence-corrected chi connectivity index (χ3v) is 3.64. The lowest BCUT2D eigenvalue weighted by Crippen LogP contribution is -2.27. The predicted molar refractivity (Wildman–Crippen MR) is 84.0 cm³/mol. The lowest BCUT2D eigenvalue weighted by atomic mass is 10.2. The summed E-state index contributed by atoms with van der Waals surface area (Å²) in [7, 11) is 0. The van der Waals surface area contributed by atoms with Crippen LogP contribution in [0, 0.1) is 0 Å². The number of hydrogen-bond donors (Lipinski definition) is 2. The van der Waals surface area contributed by atoms with E-state index in [0.717, 1.165) is 18.0 Å². The Morgan fingerprint density at radius 2 is 2.05 bits per heavy atom. The number of amides is 1. The number of amidine groups is 1. The third kappa shape index (κ3) is 3.57. The van der Waals surface area contributed by atoms with Gasteiger partial charge in [0.05, 0.1) is 6.54 Å². The van der Waals surface area contributed by atoms with Crippen LogP contribution in [0.25, 0.3) is 0 Å². The van der Waals surface area contributed by atoms with Crippen molar-refractivity contribution in [3.05, 3.63) is 48.3 Å². The average molecular weight is 299 g/mol. The number of thioether (sulfide) groups is 1. The molecule has 0 spiro atoms. The smallest absolute Gasteiger partial charge is 0.257 e. The summed E-state index contributed by atoms with van der Waals surface area (Å²) >= 11 is 1.55. The number of nitrogens with zero attached hydrogens (tertiary/aromatic N) is 3. The van der Waals surface area contributed by atoms with Crippen LogP contribution in [0.3, 0.4) is 0 Å². The van der Waals surface area contributed by atoms with Crippen molar-refractivity contribution in [1.82, 2.24) is 15.3 Å². The van der Waals surface area contributed by atoms with Crippen molar-refractivity contribution >= 4 is 34.5 Å². The van der Waals surface area contributed by atoms with Crippen LogP contribution in [0.4, 0.5) is 11.6 Å². The third-order valence-electron chi connectivity index (χ3n) is 2.75. The molecule has 2 heterocycles. The minimum atomic E-state index is -0.166. The lowest BCUT2D eigenvalue weighted by Gasteiger charge is -2.07. The number of anilines is 2. The van der Waals surface area contributed by atoms with Crippen molar-refractivity contribution in [2.45, 2.75) is 0 Å². The van der Waals surface area contributed by atoms with Crippen LogP contribution in [0.1, 0.15) is 10.4 Å². The van der Waals surface area contributed by atoms with Gasteiger partial charge in [0.1, 0.15) is 0 Å². The molecular weight excluding hydrogens is 286 g/mol. The molecule has 6 nitrogen and oxygen atoms in total. The molecule has 7 heteroatoms. The maximum absolute atomic E-state index is 12.1. The summed E-state index contributed by atoms with van der Waals surface area (Å²) in [5.74, 6) is 1.24. The Hall–Kier alpha value is -2.41. The fourth-order valence-electron chi connectivity index (χ4n) is 1.81. The van der Waals surface area contributed by atoms with Crippen LogP contribution in [0.2, 0.25) is 0 Å². The highest BCUT2D eigenvalue weighted by Gasteiger charge is 2.12. The second-order valence-electron chi connectivity index (χ2n) is 4.27. The van der Waals surface area contributed by atoms with E-state index in [4.69, 9.17) is 0 Å². The molecule has 0 atom stereocenters. The van der Waals surface area contributed by atoms with Gasteiger partial charge in [0.15, 0.2) is 5.17 Å². The van der Waals surface area contributed by atoms with Crippen LogP contribution >= 0.6 is 11.8 Å². The summed E-state index contributed by atoms with van der Waals surface area (Å²) < 4.78 is 0. The fourth-order valence-corrected chi connectivity index (χ4v) is 2.53. The Morgan fingerprint density at radius 1 is 1.19 bits per heavy atom. The second kappa shape index (κ2) is 6.36. The molecular formula is C14H13N5OS. The van der Waals surface area contributed by atoms with Crippen molar-refractivity contribution in [1.29, 1.82) is 0 Å². The van der Waals surface area contributed by atoms with Gasteiger partial charge in [-0.1, -0.05) is 17.8 Å². The zero-order valence-electron chi connectivity index (χ0n) is 11.1. The molecule has 1 aromatic carbocycles. The molecule has 0 saturated heterocycles. The van der Waals surface area contributed by atoms with E-state index in [-0.39, 0.29) is 5.91 Å². The van der Waals surface area contributed by atoms with Crippen molar-refractivity contribution in [2.24, 2.45) is 4.99 Å². The average Bonchev–Trinajstić information content (AvgIpc) is 3.01. The number of benzene rings is 1. The summed E-state index contributed by atoms with van der Waals surface area (Å²) in [6.45, 7) is 0.757. The minimum absolute atomic E-state index is 0.166.